The molecule has 2 aromatic rings. The van der Waals surface area contributed by atoms with Crippen LogP contribution in [0.5, 0.6) is 0 Å². The van der Waals surface area contributed by atoms with Crippen molar-refractivity contribution >= 4 is 29.5 Å². The molecule has 0 unspecified atom stereocenters. The molecule has 0 spiro atoms. The van der Waals surface area contributed by atoms with Gasteiger partial charge in [0.25, 0.3) is 0 Å². The summed E-state index contributed by atoms with van der Waals surface area (Å²) in [5, 5.41) is 8.25. The topological polar surface area (TPSA) is 70.5 Å². The fraction of sp³-hybridized carbons (Fsp3) is 0.458. The summed E-state index contributed by atoms with van der Waals surface area (Å²) in [5.41, 5.74) is 3.83. The van der Waals surface area contributed by atoms with E-state index in [1.165, 1.54) is 0 Å². The lowest BCUT2D eigenvalue weighted by molar-refractivity contribution is -0.128. The summed E-state index contributed by atoms with van der Waals surface area (Å²) >= 11 is 6.29. The Kier molecular flexibility index (Phi) is 8.47. The Morgan fingerprint density at radius 2 is 1.88 bits per heavy atom. The number of piperazine rings is 1. The molecule has 172 valence electrons. The highest BCUT2D eigenvalue weighted by Crippen LogP contribution is 2.20. The van der Waals surface area contributed by atoms with Crippen LogP contribution >= 0.6 is 11.6 Å². The molecular formula is C24H32ClN5O2. The third-order valence-corrected chi connectivity index (χ3v) is 6.10. The standard InChI is InChI=1S/C24H32ClN5O2/c1-4-11-26-23(31)17-28-12-14-29(15-13-28)24(32)10-9-21-18(2)27-30(19(21)3)16-20-7-5-6-8-22(20)25/h5-10H,4,11-17H2,1-3H3,(H,26,31)/b10-9+. The summed E-state index contributed by atoms with van der Waals surface area (Å²) in [6.07, 6.45) is 4.41. The van der Waals surface area contributed by atoms with Gasteiger partial charge >= 0.3 is 0 Å². The molecule has 0 atom stereocenters. The minimum atomic E-state index is -0.0160. The average molecular weight is 458 g/mol. The van der Waals surface area contributed by atoms with Gasteiger partial charge in [0.1, 0.15) is 0 Å². The maximum Gasteiger partial charge on any atom is 0.246 e. The van der Waals surface area contributed by atoms with Crippen molar-refractivity contribution in [1.82, 2.24) is 24.9 Å². The van der Waals surface area contributed by atoms with Crippen LogP contribution < -0.4 is 5.32 Å². The van der Waals surface area contributed by atoms with Gasteiger partial charge in [0.2, 0.25) is 11.8 Å². The van der Waals surface area contributed by atoms with Gasteiger partial charge in [-0.05, 0) is 38.0 Å². The van der Waals surface area contributed by atoms with Crippen LogP contribution in [0.2, 0.25) is 5.02 Å². The molecule has 1 aromatic carbocycles. The van der Waals surface area contributed by atoms with E-state index in [0.29, 0.717) is 50.8 Å². The lowest BCUT2D eigenvalue weighted by Gasteiger charge is -2.33. The molecule has 0 aliphatic carbocycles. The van der Waals surface area contributed by atoms with Crippen LogP contribution in [-0.2, 0) is 16.1 Å². The summed E-state index contributed by atoms with van der Waals surface area (Å²) in [5.74, 6) is 0.0315. The lowest BCUT2D eigenvalue weighted by Crippen LogP contribution is -2.50. The Morgan fingerprint density at radius 1 is 1.16 bits per heavy atom. The Bertz CT molecular complexity index is 977. The molecule has 1 aromatic heterocycles. The number of benzene rings is 1. The Hall–Kier alpha value is -2.64. The van der Waals surface area contributed by atoms with E-state index in [1.807, 2.05) is 60.7 Å². The normalized spacial score (nSPS) is 14.8. The average Bonchev–Trinajstić information content (AvgIpc) is 3.05. The Labute approximate surface area is 195 Å². The lowest BCUT2D eigenvalue weighted by atomic mass is 10.1. The monoisotopic (exact) mass is 457 g/mol. The first-order chi connectivity index (χ1) is 15.4. The molecule has 2 heterocycles. The number of hydrogen-bond donors (Lipinski definition) is 1. The molecule has 32 heavy (non-hydrogen) atoms. The van der Waals surface area contributed by atoms with E-state index >= 15 is 0 Å². The molecule has 3 rings (SSSR count). The summed E-state index contributed by atoms with van der Waals surface area (Å²) < 4.78 is 1.92. The van der Waals surface area contributed by atoms with Gasteiger partial charge in [-0.15, -0.1) is 0 Å². The van der Waals surface area contributed by atoms with Crippen LogP contribution in [-0.4, -0.2) is 70.7 Å². The molecule has 7 nitrogen and oxygen atoms in total. The zero-order chi connectivity index (χ0) is 23.1. The van der Waals surface area contributed by atoms with Crippen molar-refractivity contribution < 1.29 is 9.59 Å². The summed E-state index contributed by atoms with van der Waals surface area (Å²) in [4.78, 5) is 28.5. The highest BCUT2D eigenvalue weighted by molar-refractivity contribution is 6.31. The van der Waals surface area contributed by atoms with Crippen LogP contribution in [0.1, 0.15) is 35.9 Å². The number of aryl methyl sites for hydroxylation is 1. The number of rotatable bonds is 8. The fourth-order valence-corrected chi connectivity index (χ4v) is 4.00. The Morgan fingerprint density at radius 3 is 2.56 bits per heavy atom. The van der Waals surface area contributed by atoms with E-state index in [1.54, 1.807) is 6.08 Å². The fourth-order valence-electron chi connectivity index (χ4n) is 3.80. The zero-order valence-corrected chi connectivity index (χ0v) is 19.9. The summed E-state index contributed by atoms with van der Waals surface area (Å²) in [7, 11) is 0. The van der Waals surface area contributed by atoms with Crippen molar-refractivity contribution in [2.24, 2.45) is 0 Å². The van der Waals surface area contributed by atoms with Crippen LogP contribution in [0.25, 0.3) is 6.08 Å². The summed E-state index contributed by atoms with van der Waals surface area (Å²) in [6, 6.07) is 7.74. The van der Waals surface area contributed by atoms with E-state index in [9.17, 15) is 9.59 Å². The van der Waals surface area contributed by atoms with E-state index in [0.717, 1.165) is 28.9 Å². The number of nitrogens with zero attached hydrogens (tertiary/aromatic N) is 4. The van der Waals surface area contributed by atoms with Gasteiger partial charge in [-0.1, -0.05) is 36.7 Å². The number of carbonyl (C=O) groups excluding carboxylic acids is 2. The van der Waals surface area contributed by atoms with Gasteiger partial charge < -0.3 is 10.2 Å². The van der Waals surface area contributed by atoms with Crippen molar-refractivity contribution in [2.45, 2.75) is 33.7 Å². The number of amides is 2. The number of hydrogen-bond acceptors (Lipinski definition) is 4. The van der Waals surface area contributed by atoms with Crippen LogP contribution in [0.3, 0.4) is 0 Å². The molecule has 1 N–H and O–H groups in total. The molecule has 1 aliphatic rings. The van der Waals surface area contributed by atoms with E-state index in [2.05, 4.69) is 15.3 Å². The highest BCUT2D eigenvalue weighted by Gasteiger charge is 2.21. The molecule has 1 fully saturated rings. The molecule has 1 aliphatic heterocycles. The second-order valence-corrected chi connectivity index (χ2v) is 8.53. The molecule has 2 amide bonds. The SMILES string of the molecule is CCCNC(=O)CN1CCN(C(=O)/C=C/c2c(C)nn(Cc3ccccc3Cl)c2C)CC1. The van der Waals surface area contributed by atoms with Crippen molar-refractivity contribution in [3.63, 3.8) is 0 Å². The van der Waals surface area contributed by atoms with Crippen LogP contribution in [0.4, 0.5) is 0 Å². The van der Waals surface area contributed by atoms with E-state index in [4.69, 9.17) is 11.6 Å². The number of nitrogens with one attached hydrogen (secondary N) is 1. The maximum atomic E-state index is 12.7. The number of aromatic nitrogens is 2. The minimum Gasteiger partial charge on any atom is -0.355 e. The largest absolute Gasteiger partial charge is 0.355 e. The van der Waals surface area contributed by atoms with Crippen molar-refractivity contribution in [2.75, 3.05) is 39.3 Å². The molecule has 8 heteroatoms. The zero-order valence-electron chi connectivity index (χ0n) is 19.1. The highest BCUT2D eigenvalue weighted by atomic mass is 35.5. The second-order valence-electron chi connectivity index (χ2n) is 8.12. The maximum absolute atomic E-state index is 12.7. The third kappa shape index (κ3) is 6.20. The number of carbonyl (C=O) groups is 2. The second kappa shape index (κ2) is 11.3. The van der Waals surface area contributed by atoms with Crippen molar-refractivity contribution in [1.29, 1.82) is 0 Å². The van der Waals surface area contributed by atoms with Gasteiger partial charge in [0.05, 0.1) is 18.8 Å². The molecule has 0 bridgehead atoms. The Balaban J connectivity index is 1.56. The van der Waals surface area contributed by atoms with Crippen molar-refractivity contribution in [3.05, 3.63) is 57.9 Å². The number of halogens is 1. The smallest absolute Gasteiger partial charge is 0.246 e. The van der Waals surface area contributed by atoms with Crippen LogP contribution in [0.15, 0.2) is 30.3 Å². The molecular weight excluding hydrogens is 426 g/mol. The van der Waals surface area contributed by atoms with Crippen LogP contribution in [0, 0.1) is 13.8 Å². The first-order valence-corrected chi connectivity index (χ1v) is 11.5. The third-order valence-electron chi connectivity index (χ3n) is 5.73. The van der Waals surface area contributed by atoms with Gasteiger partial charge in [-0.25, -0.2) is 0 Å². The first-order valence-electron chi connectivity index (χ1n) is 11.1. The van der Waals surface area contributed by atoms with E-state index < -0.39 is 0 Å². The van der Waals surface area contributed by atoms with Gasteiger partial charge in [0, 0.05) is 55.1 Å². The molecule has 0 radical (unpaired) electrons. The van der Waals surface area contributed by atoms with Gasteiger partial charge in [0.15, 0.2) is 0 Å². The van der Waals surface area contributed by atoms with Crippen molar-refractivity contribution in [3.8, 4) is 0 Å². The quantitative estimate of drug-likeness (QED) is 0.619. The van der Waals surface area contributed by atoms with Gasteiger partial charge in [-0.3, -0.25) is 19.2 Å². The summed E-state index contributed by atoms with van der Waals surface area (Å²) in [6.45, 7) is 10.3. The first kappa shape index (κ1) is 24.0. The van der Waals surface area contributed by atoms with Gasteiger partial charge in [-0.2, -0.15) is 5.10 Å². The molecule has 1 saturated heterocycles. The predicted molar refractivity (Wildman–Crippen MR) is 128 cm³/mol. The predicted octanol–water partition coefficient (Wildman–Crippen LogP) is 2.89. The molecule has 0 saturated carbocycles. The van der Waals surface area contributed by atoms with E-state index in [-0.39, 0.29) is 11.8 Å². The minimum absolute atomic E-state index is 0.0160.